The molecule has 18 heavy (non-hydrogen) atoms. The number of hydrogen-bond donors (Lipinski definition) is 2. The Labute approximate surface area is 99.8 Å². The molecule has 0 bridgehead atoms. The molecule has 3 atom stereocenters. The summed E-state index contributed by atoms with van der Waals surface area (Å²) in [6.07, 6.45) is -2.50. The van der Waals surface area contributed by atoms with Gasteiger partial charge in [0, 0.05) is 12.6 Å². The summed E-state index contributed by atoms with van der Waals surface area (Å²) in [5, 5.41) is 8.85. The molecular formula is C10H12F2N2O4. The number of nitrogens with one attached hydrogen (secondary N) is 1. The van der Waals surface area contributed by atoms with Crippen LogP contribution < -0.4 is 11.2 Å². The number of halogens is 2. The molecule has 1 aromatic rings. The molecule has 1 saturated heterocycles. The molecule has 0 unspecified atom stereocenters. The highest BCUT2D eigenvalue weighted by molar-refractivity contribution is 5.03. The van der Waals surface area contributed by atoms with Crippen LogP contribution in [0.15, 0.2) is 15.8 Å². The third-order valence-corrected chi connectivity index (χ3v) is 2.84. The Bertz CT molecular complexity index is 541. The summed E-state index contributed by atoms with van der Waals surface area (Å²) in [5.41, 5.74) is -1.85. The van der Waals surface area contributed by atoms with E-state index >= 15 is 0 Å². The molecule has 0 spiro atoms. The zero-order valence-corrected chi connectivity index (χ0v) is 9.31. The SMILES string of the molecule is O=c1[nH]c(=O)n([C@H]2C[C@H](F)[C@@H](CO)O2)cc1CF. The summed E-state index contributed by atoms with van der Waals surface area (Å²) < 4.78 is 31.9. The molecule has 0 aliphatic carbocycles. The molecule has 8 heteroatoms. The van der Waals surface area contributed by atoms with Crippen molar-refractivity contribution in [3.05, 3.63) is 32.6 Å². The second-order valence-corrected chi connectivity index (χ2v) is 4.02. The normalized spacial score (nSPS) is 27.6. The second kappa shape index (κ2) is 4.99. The van der Waals surface area contributed by atoms with Crippen LogP contribution in [0.2, 0.25) is 0 Å². The largest absolute Gasteiger partial charge is 0.394 e. The van der Waals surface area contributed by atoms with Gasteiger partial charge in [-0.25, -0.2) is 13.6 Å². The first kappa shape index (κ1) is 12.9. The van der Waals surface area contributed by atoms with E-state index in [4.69, 9.17) is 9.84 Å². The van der Waals surface area contributed by atoms with Crippen molar-refractivity contribution in [3.8, 4) is 0 Å². The zero-order chi connectivity index (χ0) is 13.3. The van der Waals surface area contributed by atoms with E-state index in [0.29, 0.717) is 0 Å². The summed E-state index contributed by atoms with van der Waals surface area (Å²) in [5.74, 6) is 0. The van der Waals surface area contributed by atoms with Gasteiger partial charge in [-0.15, -0.1) is 0 Å². The van der Waals surface area contributed by atoms with Gasteiger partial charge in [0.05, 0.1) is 12.2 Å². The Morgan fingerprint density at radius 2 is 2.28 bits per heavy atom. The Morgan fingerprint density at radius 1 is 1.56 bits per heavy atom. The van der Waals surface area contributed by atoms with E-state index in [2.05, 4.69) is 0 Å². The molecule has 100 valence electrons. The van der Waals surface area contributed by atoms with Gasteiger partial charge in [0.2, 0.25) is 0 Å². The Kier molecular flexibility index (Phi) is 3.58. The first-order valence-electron chi connectivity index (χ1n) is 5.37. The third-order valence-electron chi connectivity index (χ3n) is 2.84. The molecule has 1 fully saturated rings. The van der Waals surface area contributed by atoms with Crippen molar-refractivity contribution in [2.24, 2.45) is 0 Å². The van der Waals surface area contributed by atoms with E-state index in [9.17, 15) is 18.4 Å². The van der Waals surface area contributed by atoms with Crippen LogP contribution in [0, 0.1) is 0 Å². The highest BCUT2D eigenvalue weighted by Gasteiger charge is 2.36. The van der Waals surface area contributed by atoms with Gasteiger partial charge in [-0.1, -0.05) is 0 Å². The lowest BCUT2D eigenvalue weighted by molar-refractivity contribution is -0.0357. The average Bonchev–Trinajstić information content (AvgIpc) is 2.70. The fraction of sp³-hybridized carbons (Fsp3) is 0.600. The molecule has 2 rings (SSSR count). The lowest BCUT2D eigenvalue weighted by atomic mass is 10.2. The number of ether oxygens (including phenoxy) is 1. The van der Waals surface area contributed by atoms with E-state index < -0.39 is 43.0 Å². The molecule has 0 saturated carbocycles. The maximum Gasteiger partial charge on any atom is 0.330 e. The Hall–Kier alpha value is -1.54. The molecule has 2 N–H and O–H groups in total. The van der Waals surface area contributed by atoms with Crippen LogP contribution in [0.4, 0.5) is 8.78 Å². The van der Waals surface area contributed by atoms with Crippen LogP contribution in [-0.4, -0.2) is 33.5 Å². The monoisotopic (exact) mass is 262 g/mol. The Morgan fingerprint density at radius 3 is 2.83 bits per heavy atom. The van der Waals surface area contributed by atoms with E-state index in [1.165, 1.54) is 0 Å². The van der Waals surface area contributed by atoms with E-state index in [0.717, 1.165) is 10.8 Å². The van der Waals surface area contributed by atoms with Crippen LogP contribution in [0.3, 0.4) is 0 Å². The zero-order valence-electron chi connectivity index (χ0n) is 9.31. The molecule has 1 aliphatic rings. The predicted molar refractivity (Wildman–Crippen MR) is 56.6 cm³/mol. The van der Waals surface area contributed by atoms with Crippen LogP contribution in [0.1, 0.15) is 18.2 Å². The number of aliphatic hydroxyl groups is 1. The lowest BCUT2D eigenvalue weighted by Crippen LogP contribution is -2.34. The first-order chi connectivity index (χ1) is 8.56. The topological polar surface area (TPSA) is 84.3 Å². The van der Waals surface area contributed by atoms with Gasteiger partial charge in [0.15, 0.2) is 0 Å². The van der Waals surface area contributed by atoms with E-state index in [1.54, 1.807) is 0 Å². The van der Waals surface area contributed by atoms with Gasteiger partial charge in [0.25, 0.3) is 5.56 Å². The van der Waals surface area contributed by atoms with Crippen molar-refractivity contribution in [2.75, 3.05) is 6.61 Å². The number of alkyl halides is 2. The summed E-state index contributed by atoms with van der Waals surface area (Å²) in [6.45, 7) is -1.55. The summed E-state index contributed by atoms with van der Waals surface area (Å²) in [4.78, 5) is 24.6. The number of H-pyrrole nitrogens is 1. The maximum atomic E-state index is 13.4. The number of aromatic amines is 1. The van der Waals surface area contributed by atoms with Crippen LogP contribution in [0.25, 0.3) is 0 Å². The maximum absolute atomic E-state index is 13.4. The molecule has 0 radical (unpaired) electrons. The van der Waals surface area contributed by atoms with Gasteiger partial charge >= 0.3 is 5.69 Å². The average molecular weight is 262 g/mol. The molecule has 2 heterocycles. The van der Waals surface area contributed by atoms with Gasteiger partial charge in [0.1, 0.15) is 25.2 Å². The minimum absolute atomic E-state index is 0.136. The Balaban J connectivity index is 2.35. The fourth-order valence-electron chi connectivity index (χ4n) is 1.86. The van der Waals surface area contributed by atoms with Gasteiger partial charge in [-0.05, 0) is 0 Å². The van der Waals surface area contributed by atoms with Crippen molar-refractivity contribution >= 4 is 0 Å². The van der Waals surface area contributed by atoms with Gasteiger partial charge in [-0.3, -0.25) is 14.3 Å². The number of aromatic nitrogens is 2. The minimum Gasteiger partial charge on any atom is -0.394 e. The summed E-state index contributed by atoms with van der Waals surface area (Å²) in [7, 11) is 0. The molecular weight excluding hydrogens is 250 g/mol. The highest BCUT2D eigenvalue weighted by Crippen LogP contribution is 2.29. The number of rotatable bonds is 3. The van der Waals surface area contributed by atoms with Crippen LogP contribution in [-0.2, 0) is 11.4 Å². The van der Waals surface area contributed by atoms with Crippen LogP contribution in [0.5, 0.6) is 0 Å². The summed E-state index contributed by atoms with van der Waals surface area (Å²) >= 11 is 0. The highest BCUT2D eigenvalue weighted by atomic mass is 19.1. The standard InChI is InChI=1S/C10H12F2N2O4/c11-2-5-3-14(10(17)13-9(5)16)8-1-6(12)7(4-15)18-8/h3,6-8,15H,1-2,4H2,(H,13,16,17)/t6-,7+,8+/m0/s1. The van der Waals surface area contributed by atoms with Crippen molar-refractivity contribution in [1.82, 2.24) is 9.55 Å². The van der Waals surface area contributed by atoms with Crippen LogP contribution >= 0.6 is 0 Å². The molecule has 1 aromatic heterocycles. The number of nitrogens with zero attached hydrogens (tertiary/aromatic N) is 1. The smallest absolute Gasteiger partial charge is 0.330 e. The summed E-state index contributed by atoms with van der Waals surface area (Å²) in [6, 6.07) is 0. The first-order valence-corrected chi connectivity index (χ1v) is 5.37. The molecule has 0 amide bonds. The molecule has 6 nitrogen and oxygen atoms in total. The van der Waals surface area contributed by atoms with Crippen molar-refractivity contribution in [3.63, 3.8) is 0 Å². The van der Waals surface area contributed by atoms with Gasteiger partial charge < -0.3 is 9.84 Å². The molecule has 1 aliphatic heterocycles. The lowest BCUT2D eigenvalue weighted by Gasteiger charge is -2.14. The van der Waals surface area contributed by atoms with Crippen molar-refractivity contribution in [2.45, 2.75) is 31.6 Å². The fourth-order valence-corrected chi connectivity index (χ4v) is 1.86. The minimum atomic E-state index is -1.41. The van der Waals surface area contributed by atoms with E-state index in [1.807, 2.05) is 4.98 Å². The quantitative estimate of drug-likeness (QED) is 0.778. The number of aliphatic hydroxyl groups excluding tert-OH is 1. The molecule has 0 aromatic carbocycles. The van der Waals surface area contributed by atoms with Gasteiger partial charge in [-0.2, -0.15) is 0 Å². The van der Waals surface area contributed by atoms with Crippen molar-refractivity contribution in [1.29, 1.82) is 0 Å². The third kappa shape index (κ3) is 2.21. The van der Waals surface area contributed by atoms with E-state index in [-0.39, 0.29) is 12.0 Å². The second-order valence-electron chi connectivity index (χ2n) is 4.02. The predicted octanol–water partition coefficient (Wildman–Crippen LogP) is -0.376. The number of hydrogen-bond acceptors (Lipinski definition) is 4. The van der Waals surface area contributed by atoms with Crippen molar-refractivity contribution < 1.29 is 18.6 Å².